The van der Waals surface area contributed by atoms with Gasteiger partial charge in [-0.2, -0.15) is 0 Å². The molecule has 0 aliphatic carbocycles. The van der Waals surface area contributed by atoms with Crippen molar-refractivity contribution in [2.24, 2.45) is 5.92 Å². The van der Waals surface area contributed by atoms with Crippen molar-refractivity contribution in [1.29, 1.82) is 0 Å². The Morgan fingerprint density at radius 3 is 2.42 bits per heavy atom. The van der Waals surface area contributed by atoms with E-state index < -0.39 is 6.10 Å². The molecule has 0 saturated heterocycles. The third kappa shape index (κ3) is 3.72. The molecule has 3 heteroatoms. The fraction of sp³-hybridized carbons (Fsp3) is 0.889. The number of aliphatic hydroxyl groups excluding tert-OH is 1. The van der Waals surface area contributed by atoms with Gasteiger partial charge >= 0.3 is 5.97 Å². The summed E-state index contributed by atoms with van der Waals surface area (Å²) in [7, 11) is 0. The summed E-state index contributed by atoms with van der Waals surface area (Å²) < 4.78 is 4.82. The molecule has 0 radical (unpaired) electrons. The number of hydrogen-bond acceptors (Lipinski definition) is 3. The monoisotopic (exact) mass is 174 g/mol. The minimum Gasteiger partial charge on any atom is -0.466 e. The van der Waals surface area contributed by atoms with Crippen LogP contribution in [-0.4, -0.2) is 23.8 Å². The van der Waals surface area contributed by atoms with Crippen LogP contribution in [0, 0.1) is 5.92 Å². The van der Waals surface area contributed by atoms with Crippen LogP contribution in [-0.2, 0) is 9.53 Å². The lowest BCUT2D eigenvalue weighted by Crippen LogP contribution is -2.27. The zero-order chi connectivity index (χ0) is 9.56. The van der Waals surface area contributed by atoms with E-state index in [1.54, 1.807) is 13.8 Å². The molecule has 1 N–H and O–H groups in total. The van der Waals surface area contributed by atoms with E-state index in [4.69, 9.17) is 4.74 Å². The second-order valence-corrected chi connectivity index (χ2v) is 2.89. The van der Waals surface area contributed by atoms with E-state index in [1.807, 2.05) is 6.92 Å². The molecule has 0 aromatic heterocycles. The van der Waals surface area contributed by atoms with Crippen molar-refractivity contribution in [1.82, 2.24) is 0 Å². The second kappa shape index (κ2) is 6.00. The summed E-state index contributed by atoms with van der Waals surface area (Å²) in [6, 6.07) is 0. The summed E-state index contributed by atoms with van der Waals surface area (Å²) in [4.78, 5) is 11.2. The third-order valence-corrected chi connectivity index (χ3v) is 1.77. The molecule has 72 valence electrons. The predicted molar refractivity (Wildman–Crippen MR) is 46.7 cm³/mol. The highest BCUT2D eigenvalue weighted by Gasteiger charge is 2.23. The molecular weight excluding hydrogens is 156 g/mol. The second-order valence-electron chi connectivity index (χ2n) is 2.89. The number of ether oxygens (including phenoxy) is 1. The Hall–Kier alpha value is -0.570. The maximum absolute atomic E-state index is 11.2. The van der Waals surface area contributed by atoms with Gasteiger partial charge in [0.2, 0.25) is 0 Å². The van der Waals surface area contributed by atoms with Gasteiger partial charge in [0.05, 0.1) is 18.6 Å². The molecular formula is C9H18O3. The number of aliphatic hydroxyl groups is 1. The van der Waals surface area contributed by atoms with E-state index >= 15 is 0 Å². The van der Waals surface area contributed by atoms with Crippen LogP contribution in [0.3, 0.4) is 0 Å². The Kier molecular flexibility index (Phi) is 5.72. The van der Waals surface area contributed by atoms with Gasteiger partial charge in [0.15, 0.2) is 0 Å². The van der Waals surface area contributed by atoms with Gasteiger partial charge in [-0.25, -0.2) is 0 Å². The molecule has 0 spiro atoms. The van der Waals surface area contributed by atoms with Gasteiger partial charge in [-0.3, -0.25) is 4.79 Å². The van der Waals surface area contributed by atoms with Gasteiger partial charge in [-0.1, -0.05) is 13.3 Å². The van der Waals surface area contributed by atoms with Gasteiger partial charge in [0.25, 0.3) is 0 Å². The maximum Gasteiger partial charge on any atom is 0.311 e. The SMILES string of the molecule is CCC[C@H](C(=O)OCC)[C@H](C)O. The first kappa shape index (κ1) is 11.4. The lowest BCUT2D eigenvalue weighted by molar-refractivity contribution is -0.151. The molecule has 0 saturated carbocycles. The maximum atomic E-state index is 11.2. The molecule has 12 heavy (non-hydrogen) atoms. The molecule has 0 aromatic rings. The van der Waals surface area contributed by atoms with E-state index in [0.29, 0.717) is 13.0 Å². The molecule has 0 unspecified atom stereocenters. The van der Waals surface area contributed by atoms with E-state index in [0.717, 1.165) is 6.42 Å². The molecule has 0 amide bonds. The minimum atomic E-state index is -0.607. The van der Waals surface area contributed by atoms with Crippen LogP contribution in [0.15, 0.2) is 0 Å². The van der Waals surface area contributed by atoms with Crippen LogP contribution in [0.1, 0.15) is 33.6 Å². The summed E-state index contributed by atoms with van der Waals surface area (Å²) in [5, 5.41) is 9.24. The molecule has 0 heterocycles. The van der Waals surface area contributed by atoms with Crippen molar-refractivity contribution in [3.05, 3.63) is 0 Å². The van der Waals surface area contributed by atoms with Gasteiger partial charge in [-0.05, 0) is 20.3 Å². The Balaban J connectivity index is 4.00. The Labute approximate surface area is 73.7 Å². The lowest BCUT2D eigenvalue weighted by atomic mass is 9.98. The summed E-state index contributed by atoms with van der Waals surface area (Å²) in [6.07, 6.45) is 0.967. The number of rotatable bonds is 5. The molecule has 0 aromatic carbocycles. The third-order valence-electron chi connectivity index (χ3n) is 1.77. The first-order valence-corrected chi connectivity index (χ1v) is 4.48. The lowest BCUT2D eigenvalue weighted by Gasteiger charge is -2.16. The zero-order valence-electron chi connectivity index (χ0n) is 8.04. The Bertz CT molecular complexity index is 132. The number of carbonyl (C=O) groups is 1. The quantitative estimate of drug-likeness (QED) is 0.640. The summed E-state index contributed by atoms with van der Waals surface area (Å²) in [6.45, 7) is 5.75. The Morgan fingerprint density at radius 1 is 1.50 bits per heavy atom. The first-order valence-electron chi connectivity index (χ1n) is 4.48. The first-order chi connectivity index (χ1) is 5.63. The predicted octanol–water partition coefficient (Wildman–Crippen LogP) is 1.35. The molecule has 0 aliphatic rings. The summed E-state index contributed by atoms with van der Waals surface area (Å²) in [5.74, 6) is -0.635. The van der Waals surface area contributed by atoms with Gasteiger partial charge in [0, 0.05) is 0 Å². The van der Waals surface area contributed by atoms with Gasteiger partial charge in [-0.15, -0.1) is 0 Å². The summed E-state index contributed by atoms with van der Waals surface area (Å²) >= 11 is 0. The zero-order valence-corrected chi connectivity index (χ0v) is 8.04. The van der Waals surface area contributed by atoms with E-state index in [-0.39, 0.29) is 11.9 Å². The highest BCUT2D eigenvalue weighted by molar-refractivity contribution is 5.72. The van der Waals surface area contributed by atoms with Crippen LogP contribution in [0.2, 0.25) is 0 Å². The minimum absolute atomic E-state index is 0.283. The highest BCUT2D eigenvalue weighted by Crippen LogP contribution is 2.13. The average Bonchev–Trinajstić information content (AvgIpc) is 1.99. The standard InChI is InChI=1S/C9H18O3/c1-4-6-8(7(3)10)9(11)12-5-2/h7-8,10H,4-6H2,1-3H3/t7-,8-/m0/s1. The molecule has 2 atom stereocenters. The number of esters is 1. The summed E-state index contributed by atoms with van der Waals surface area (Å²) in [5.41, 5.74) is 0. The Morgan fingerprint density at radius 2 is 2.08 bits per heavy atom. The van der Waals surface area contributed by atoms with Crippen LogP contribution in [0.4, 0.5) is 0 Å². The van der Waals surface area contributed by atoms with Crippen LogP contribution < -0.4 is 0 Å². The molecule has 0 bridgehead atoms. The average molecular weight is 174 g/mol. The van der Waals surface area contributed by atoms with E-state index in [1.165, 1.54) is 0 Å². The van der Waals surface area contributed by atoms with Crippen LogP contribution in [0.5, 0.6) is 0 Å². The fourth-order valence-electron chi connectivity index (χ4n) is 1.12. The van der Waals surface area contributed by atoms with E-state index in [2.05, 4.69) is 0 Å². The number of hydrogen-bond donors (Lipinski definition) is 1. The van der Waals surface area contributed by atoms with Crippen molar-refractivity contribution in [2.45, 2.75) is 39.7 Å². The topological polar surface area (TPSA) is 46.5 Å². The van der Waals surface area contributed by atoms with Crippen LogP contribution >= 0.6 is 0 Å². The van der Waals surface area contributed by atoms with Crippen LogP contribution in [0.25, 0.3) is 0 Å². The smallest absolute Gasteiger partial charge is 0.311 e. The van der Waals surface area contributed by atoms with E-state index in [9.17, 15) is 9.90 Å². The van der Waals surface area contributed by atoms with Crippen molar-refractivity contribution in [2.75, 3.05) is 6.61 Å². The fourth-order valence-corrected chi connectivity index (χ4v) is 1.12. The highest BCUT2D eigenvalue weighted by atomic mass is 16.5. The van der Waals surface area contributed by atoms with Gasteiger partial charge < -0.3 is 9.84 Å². The van der Waals surface area contributed by atoms with Crippen molar-refractivity contribution in [3.63, 3.8) is 0 Å². The molecule has 3 nitrogen and oxygen atoms in total. The number of carbonyl (C=O) groups excluding carboxylic acids is 1. The van der Waals surface area contributed by atoms with Crippen molar-refractivity contribution >= 4 is 5.97 Å². The van der Waals surface area contributed by atoms with Crippen molar-refractivity contribution in [3.8, 4) is 0 Å². The molecule has 0 fully saturated rings. The van der Waals surface area contributed by atoms with Crippen molar-refractivity contribution < 1.29 is 14.6 Å². The van der Waals surface area contributed by atoms with Gasteiger partial charge in [0.1, 0.15) is 0 Å². The molecule has 0 aliphatic heterocycles. The molecule has 0 rings (SSSR count). The largest absolute Gasteiger partial charge is 0.466 e. The normalized spacial score (nSPS) is 15.3.